The van der Waals surface area contributed by atoms with Gasteiger partial charge in [-0.25, -0.2) is 0 Å². The summed E-state index contributed by atoms with van der Waals surface area (Å²) in [5.41, 5.74) is 5.73. The highest BCUT2D eigenvalue weighted by Gasteiger charge is 2.16. The van der Waals surface area contributed by atoms with Crippen LogP contribution in [0.2, 0.25) is 0 Å². The van der Waals surface area contributed by atoms with Gasteiger partial charge in [-0.05, 0) is 12.8 Å². The summed E-state index contributed by atoms with van der Waals surface area (Å²) in [7, 11) is 1.73. The summed E-state index contributed by atoms with van der Waals surface area (Å²) in [6.07, 6.45) is 16.0. The van der Waals surface area contributed by atoms with Crippen molar-refractivity contribution in [2.75, 3.05) is 13.6 Å². The first kappa shape index (κ1) is 24.1. The second-order valence-electron chi connectivity index (χ2n) is 7.35. The van der Waals surface area contributed by atoms with E-state index in [0.29, 0.717) is 25.8 Å². The van der Waals surface area contributed by atoms with Gasteiger partial charge in [0.05, 0.1) is 6.04 Å². The van der Waals surface area contributed by atoms with E-state index in [2.05, 4.69) is 6.92 Å². The highest BCUT2D eigenvalue weighted by atomic mass is 16.2. The van der Waals surface area contributed by atoms with E-state index in [1.165, 1.54) is 57.8 Å². The van der Waals surface area contributed by atoms with Gasteiger partial charge in [-0.2, -0.15) is 0 Å². The number of carbonyl (C=O) groups excluding carboxylic acids is 2. The van der Waals surface area contributed by atoms with Gasteiger partial charge in [0.2, 0.25) is 5.91 Å². The molecule has 0 heterocycles. The van der Waals surface area contributed by atoms with Gasteiger partial charge in [-0.3, -0.25) is 9.59 Å². The molecule has 0 aromatic carbocycles. The molecule has 0 aliphatic carbocycles. The largest absolute Gasteiger partial charge is 0.344 e. The maximum absolute atomic E-state index is 11.9. The zero-order valence-electron chi connectivity index (χ0n) is 17.0. The smallest absolute Gasteiger partial charge is 0.239 e. The van der Waals surface area contributed by atoms with Crippen LogP contribution in [0.1, 0.15) is 104 Å². The fourth-order valence-corrected chi connectivity index (χ4v) is 2.97. The average Bonchev–Trinajstić information content (AvgIpc) is 2.62. The van der Waals surface area contributed by atoms with E-state index in [9.17, 15) is 9.59 Å². The summed E-state index contributed by atoms with van der Waals surface area (Å²) in [6, 6.07) is -0.438. The number of nitrogens with two attached hydrogens (primary N) is 1. The molecule has 0 aromatic rings. The molecule has 0 aliphatic heterocycles. The van der Waals surface area contributed by atoms with Crippen molar-refractivity contribution in [1.29, 1.82) is 0 Å². The molecule has 0 aliphatic rings. The van der Waals surface area contributed by atoms with E-state index < -0.39 is 6.04 Å². The zero-order chi connectivity index (χ0) is 18.9. The third kappa shape index (κ3) is 14.0. The zero-order valence-corrected chi connectivity index (χ0v) is 17.0. The highest BCUT2D eigenvalue weighted by molar-refractivity contribution is 5.83. The highest BCUT2D eigenvalue weighted by Crippen LogP contribution is 2.12. The number of hydrogen-bond acceptors (Lipinski definition) is 3. The minimum absolute atomic E-state index is 0.0648. The van der Waals surface area contributed by atoms with Crippen LogP contribution in [0.15, 0.2) is 0 Å². The minimum atomic E-state index is -0.438. The Hall–Kier alpha value is -0.900. The van der Waals surface area contributed by atoms with Crippen molar-refractivity contribution in [1.82, 2.24) is 4.90 Å². The third-order valence-electron chi connectivity index (χ3n) is 4.92. The molecule has 2 N–H and O–H groups in total. The molecule has 0 rings (SSSR count). The molecular weight excluding hydrogens is 312 g/mol. The van der Waals surface area contributed by atoms with E-state index in [-0.39, 0.29) is 11.7 Å². The van der Waals surface area contributed by atoms with Crippen LogP contribution in [0.25, 0.3) is 0 Å². The Balaban J connectivity index is 3.45. The number of Topliss-reactive ketones (excluding diaryl/α,β-unsaturated/α-hetero) is 1. The fourth-order valence-electron chi connectivity index (χ4n) is 2.97. The van der Waals surface area contributed by atoms with Gasteiger partial charge in [0.25, 0.3) is 0 Å². The normalized spacial score (nSPS) is 12.2. The Bertz CT molecular complexity index is 345. The Labute approximate surface area is 155 Å². The average molecular weight is 355 g/mol. The molecule has 0 fully saturated rings. The lowest BCUT2D eigenvalue weighted by Crippen LogP contribution is -2.42. The predicted octanol–water partition coefficient (Wildman–Crippen LogP) is 4.84. The lowest BCUT2D eigenvalue weighted by Gasteiger charge is -2.20. The molecule has 0 spiro atoms. The number of hydrogen-bond donors (Lipinski definition) is 1. The van der Waals surface area contributed by atoms with Crippen LogP contribution in [-0.4, -0.2) is 36.2 Å². The maximum atomic E-state index is 11.9. The summed E-state index contributed by atoms with van der Waals surface area (Å²) in [6.45, 7) is 4.64. The quantitative estimate of drug-likeness (QED) is 0.380. The molecule has 0 aromatic heterocycles. The third-order valence-corrected chi connectivity index (χ3v) is 4.92. The van der Waals surface area contributed by atoms with E-state index in [4.69, 9.17) is 5.73 Å². The SMILES string of the molecule is CCCCCCCCCCCCCC(=O)CCN(C)C(=O)C(N)CC. The number of unbranched alkanes of at least 4 members (excludes halogenated alkanes) is 10. The lowest BCUT2D eigenvalue weighted by atomic mass is 10.0. The number of ketones is 1. The second kappa shape index (κ2) is 16.6. The van der Waals surface area contributed by atoms with Crippen molar-refractivity contribution < 1.29 is 9.59 Å². The second-order valence-corrected chi connectivity index (χ2v) is 7.35. The molecule has 0 saturated carbocycles. The van der Waals surface area contributed by atoms with Gasteiger partial charge >= 0.3 is 0 Å². The lowest BCUT2D eigenvalue weighted by molar-refractivity contribution is -0.131. The first-order valence-corrected chi connectivity index (χ1v) is 10.5. The van der Waals surface area contributed by atoms with Gasteiger partial charge in [0.15, 0.2) is 0 Å². The number of amides is 1. The van der Waals surface area contributed by atoms with Gasteiger partial charge in [0.1, 0.15) is 5.78 Å². The number of nitrogens with zero attached hydrogens (tertiary/aromatic N) is 1. The van der Waals surface area contributed by atoms with Gasteiger partial charge in [-0.15, -0.1) is 0 Å². The Morgan fingerprint density at radius 1 is 0.800 bits per heavy atom. The molecule has 1 amide bonds. The monoisotopic (exact) mass is 354 g/mol. The van der Waals surface area contributed by atoms with E-state index in [1.807, 2.05) is 6.92 Å². The van der Waals surface area contributed by atoms with Crippen LogP contribution in [0.3, 0.4) is 0 Å². The Morgan fingerprint density at radius 3 is 1.76 bits per heavy atom. The van der Waals surface area contributed by atoms with E-state index in [0.717, 1.165) is 12.8 Å². The molecule has 148 valence electrons. The molecule has 0 saturated heterocycles. The van der Waals surface area contributed by atoms with Crippen molar-refractivity contribution in [2.24, 2.45) is 5.73 Å². The molecule has 1 unspecified atom stereocenters. The summed E-state index contributed by atoms with van der Waals surface area (Å²) in [5.74, 6) is 0.200. The van der Waals surface area contributed by atoms with Crippen molar-refractivity contribution in [2.45, 2.75) is 110 Å². The first-order valence-electron chi connectivity index (χ1n) is 10.5. The molecule has 0 bridgehead atoms. The number of carbonyl (C=O) groups is 2. The van der Waals surface area contributed by atoms with Crippen LogP contribution in [0, 0.1) is 0 Å². The Morgan fingerprint density at radius 2 is 1.28 bits per heavy atom. The molecule has 1 atom stereocenters. The van der Waals surface area contributed by atoms with E-state index >= 15 is 0 Å². The van der Waals surface area contributed by atoms with Crippen LogP contribution in [0.5, 0.6) is 0 Å². The van der Waals surface area contributed by atoms with Gasteiger partial charge < -0.3 is 10.6 Å². The minimum Gasteiger partial charge on any atom is -0.344 e. The molecule has 0 radical (unpaired) electrons. The number of likely N-dealkylation sites (N-methyl/N-ethyl adjacent to an activating group) is 1. The molecule has 25 heavy (non-hydrogen) atoms. The summed E-state index contributed by atoms with van der Waals surface area (Å²) < 4.78 is 0. The van der Waals surface area contributed by atoms with Crippen molar-refractivity contribution >= 4 is 11.7 Å². The molecule has 4 heteroatoms. The maximum Gasteiger partial charge on any atom is 0.239 e. The standard InChI is InChI=1S/C21H42N2O2/c1-4-6-7-8-9-10-11-12-13-14-15-16-19(24)17-18-23(3)21(25)20(22)5-2/h20H,4-18,22H2,1-3H3. The number of rotatable bonds is 17. The van der Waals surface area contributed by atoms with Crippen LogP contribution in [0.4, 0.5) is 0 Å². The van der Waals surface area contributed by atoms with Crippen LogP contribution in [-0.2, 0) is 9.59 Å². The predicted molar refractivity (Wildman–Crippen MR) is 107 cm³/mol. The summed E-state index contributed by atoms with van der Waals surface area (Å²) in [5, 5.41) is 0. The first-order chi connectivity index (χ1) is 12.0. The van der Waals surface area contributed by atoms with E-state index in [1.54, 1.807) is 11.9 Å². The van der Waals surface area contributed by atoms with Gasteiger partial charge in [0, 0.05) is 26.4 Å². The van der Waals surface area contributed by atoms with Crippen LogP contribution < -0.4 is 5.73 Å². The molecular formula is C21H42N2O2. The van der Waals surface area contributed by atoms with Crippen molar-refractivity contribution in [3.05, 3.63) is 0 Å². The van der Waals surface area contributed by atoms with Crippen molar-refractivity contribution in [3.63, 3.8) is 0 Å². The topological polar surface area (TPSA) is 63.4 Å². The molecule has 4 nitrogen and oxygen atoms in total. The van der Waals surface area contributed by atoms with Gasteiger partial charge in [-0.1, -0.05) is 78.1 Å². The van der Waals surface area contributed by atoms with Crippen LogP contribution >= 0.6 is 0 Å². The summed E-state index contributed by atoms with van der Waals surface area (Å²) in [4.78, 5) is 25.3. The Kier molecular flexibility index (Phi) is 16.0. The summed E-state index contributed by atoms with van der Waals surface area (Å²) >= 11 is 0. The fraction of sp³-hybridized carbons (Fsp3) is 0.905. The van der Waals surface area contributed by atoms with Crippen molar-refractivity contribution in [3.8, 4) is 0 Å².